The molecule has 2 aliphatic rings. The monoisotopic (exact) mass is 319 g/mol. The second kappa shape index (κ2) is 7.23. The zero-order valence-electron chi connectivity index (χ0n) is 13.6. The lowest BCUT2D eigenvalue weighted by molar-refractivity contribution is -0.0557. The third-order valence-electron chi connectivity index (χ3n) is 4.51. The van der Waals surface area contributed by atoms with E-state index in [2.05, 4.69) is 11.6 Å². The molecule has 5 heteroatoms. The third-order valence-corrected chi connectivity index (χ3v) is 4.51. The van der Waals surface area contributed by atoms with Gasteiger partial charge in [-0.2, -0.15) is 0 Å². The maximum atomic E-state index is 8.89. The number of aliphatic hydroxyl groups excluding tert-OH is 1. The van der Waals surface area contributed by atoms with Gasteiger partial charge in [-0.3, -0.25) is 10.3 Å². The van der Waals surface area contributed by atoms with Crippen LogP contribution in [0.1, 0.15) is 44.1 Å². The summed E-state index contributed by atoms with van der Waals surface area (Å²) in [5.74, 6) is 1.38. The van der Waals surface area contributed by atoms with Crippen LogP contribution < -0.4 is 15.0 Å². The molecule has 2 N–H and O–H groups in total. The average Bonchev–Trinajstić information content (AvgIpc) is 2.99. The lowest BCUT2D eigenvalue weighted by atomic mass is 9.84. The van der Waals surface area contributed by atoms with Crippen LogP contribution in [0.5, 0.6) is 11.5 Å². The van der Waals surface area contributed by atoms with Crippen molar-refractivity contribution in [3.8, 4) is 11.5 Å². The molecular formula is C18H25NO4. The highest BCUT2D eigenvalue weighted by molar-refractivity contribution is 5.68. The standard InChI is InChI=1S/C18H25NO4/c1-21-16-7-6-14(12-17(16)22-11-5-10-20)15-13-18(23-19-15)8-3-2-4-9-18/h6-7,12-13,19-20H,2-5,8-11H2,1H3. The summed E-state index contributed by atoms with van der Waals surface area (Å²) in [6, 6.07) is 5.86. The van der Waals surface area contributed by atoms with Gasteiger partial charge in [-0.1, -0.05) is 19.3 Å². The molecule has 0 saturated heterocycles. The molecular weight excluding hydrogens is 294 g/mol. The number of nitrogens with one attached hydrogen (secondary N) is 1. The Labute approximate surface area is 137 Å². The molecule has 0 amide bonds. The van der Waals surface area contributed by atoms with E-state index in [-0.39, 0.29) is 12.2 Å². The second-order valence-electron chi connectivity index (χ2n) is 6.18. The van der Waals surface area contributed by atoms with E-state index in [1.165, 1.54) is 19.3 Å². The Morgan fingerprint density at radius 2 is 2.04 bits per heavy atom. The average molecular weight is 319 g/mol. The van der Waals surface area contributed by atoms with E-state index in [0.29, 0.717) is 24.5 Å². The van der Waals surface area contributed by atoms with Crippen LogP contribution in [0.25, 0.3) is 5.70 Å². The first kappa shape index (κ1) is 16.1. The number of hydrogen-bond donors (Lipinski definition) is 2. The molecule has 23 heavy (non-hydrogen) atoms. The Hall–Kier alpha value is -1.72. The molecule has 0 aromatic heterocycles. The summed E-state index contributed by atoms with van der Waals surface area (Å²) < 4.78 is 11.1. The minimum Gasteiger partial charge on any atom is -0.493 e. The van der Waals surface area contributed by atoms with Gasteiger partial charge in [0.2, 0.25) is 0 Å². The van der Waals surface area contributed by atoms with E-state index in [4.69, 9.17) is 19.4 Å². The molecule has 126 valence electrons. The zero-order chi connectivity index (χ0) is 16.1. The van der Waals surface area contributed by atoms with E-state index in [1.807, 2.05) is 18.2 Å². The summed E-state index contributed by atoms with van der Waals surface area (Å²) in [5, 5.41) is 8.89. The number of methoxy groups -OCH3 is 1. The van der Waals surface area contributed by atoms with Crippen LogP contribution in [0.15, 0.2) is 24.3 Å². The predicted molar refractivity (Wildman–Crippen MR) is 88.2 cm³/mol. The van der Waals surface area contributed by atoms with Gasteiger partial charge in [0.25, 0.3) is 0 Å². The molecule has 1 fully saturated rings. The van der Waals surface area contributed by atoms with Crippen molar-refractivity contribution in [1.82, 2.24) is 5.48 Å². The van der Waals surface area contributed by atoms with Crippen LogP contribution in [0, 0.1) is 0 Å². The van der Waals surface area contributed by atoms with E-state index in [0.717, 1.165) is 24.1 Å². The SMILES string of the molecule is COc1ccc(C2=CC3(CCCCC3)ON2)cc1OCCCO. The van der Waals surface area contributed by atoms with Crippen LogP contribution in [-0.2, 0) is 4.84 Å². The van der Waals surface area contributed by atoms with Crippen LogP contribution in [0.2, 0.25) is 0 Å². The summed E-state index contributed by atoms with van der Waals surface area (Å²) in [5.41, 5.74) is 4.95. The van der Waals surface area contributed by atoms with E-state index >= 15 is 0 Å². The van der Waals surface area contributed by atoms with E-state index < -0.39 is 0 Å². The first-order valence-electron chi connectivity index (χ1n) is 8.35. The molecule has 5 nitrogen and oxygen atoms in total. The summed E-state index contributed by atoms with van der Waals surface area (Å²) in [4.78, 5) is 5.90. The molecule has 1 heterocycles. The normalized spacial score (nSPS) is 19.3. The molecule has 0 radical (unpaired) electrons. The van der Waals surface area contributed by atoms with Crippen molar-refractivity contribution in [3.05, 3.63) is 29.8 Å². The van der Waals surface area contributed by atoms with Gasteiger partial charge >= 0.3 is 0 Å². The van der Waals surface area contributed by atoms with Crippen molar-refractivity contribution in [2.24, 2.45) is 0 Å². The smallest absolute Gasteiger partial charge is 0.161 e. The fourth-order valence-electron chi connectivity index (χ4n) is 3.22. The van der Waals surface area contributed by atoms with Crippen LogP contribution >= 0.6 is 0 Å². The Morgan fingerprint density at radius 1 is 1.22 bits per heavy atom. The van der Waals surface area contributed by atoms with E-state index in [1.54, 1.807) is 7.11 Å². The molecule has 1 aromatic rings. The topological polar surface area (TPSA) is 60.0 Å². The molecule has 0 atom stereocenters. The molecule has 1 saturated carbocycles. The third kappa shape index (κ3) is 3.62. The zero-order valence-corrected chi connectivity index (χ0v) is 13.6. The van der Waals surface area contributed by atoms with Crippen LogP contribution in [0.3, 0.4) is 0 Å². The summed E-state index contributed by atoms with van der Waals surface area (Å²) in [7, 11) is 1.63. The lowest BCUT2D eigenvalue weighted by Crippen LogP contribution is -2.31. The maximum absolute atomic E-state index is 8.89. The summed E-state index contributed by atoms with van der Waals surface area (Å²) >= 11 is 0. The number of rotatable bonds is 6. The maximum Gasteiger partial charge on any atom is 0.161 e. The number of ether oxygens (including phenoxy) is 2. The Morgan fingerprint density at radius 3 is 2.78 bits per heavy atom. The van der Waals surface area contributed by atoms with Crippen molar-refractivity contribution in [2.75, 3.05) is 20.3 Å². The Bertz CT molecular complexity index is 564. The van der Waals surface area contributed by atoms with Crippen molar-refractivity contribution < 1.29 is 19.4 Å². The molecule has 1 spiro atoms. The number of hydroxylamine groups is 1. The molecule has 1 aliphatic carbocycles. The fourth-order valence-corrected chi connectivity index (χ4v) is 3.22. The van der Waals surface area contributed by atoms with Gasteiger partial charge in [-0.15, -0.1) is 0 Å². The van der Waals surface area contributed by atoms with Gasteiger partial charge in [0.05, 0.1) is 19.4 Å². The molecule has 1 aliphatic heterocycles. The largest absolute Gasteiger partial charge is 0.493 e. The van der Waals surface area contributed by atoms with Gasteiger partial charge in [0.15, 0.2) is 11.5 Å². The van der Waals surface area contributed by atoms with Crippen LogP contribution in [0.4, 0.5) is 0 Å². The fraction of sp³-hybridized carbons (Fsp3) is 0.556. The Kier molecular flexibility index (Phi) is 5.08. The van der Waals surface area contributed by atoms with Crippen LogP contribution in [-0.4, -0.2) is 31.0 Å². The number of hydrogen-bond acceptors (Lipinski definition) is 5. The summed E-state index contributed by atoms with van der Waals surface area (Å²) in [6.45, 7) is 0.578. The van der Waals surface area contributed by atoms with Crippen molar-refractivity contribution in [2.45, 2.75) is 44.1 Å². The van der Waals surface area contributed by atoms with Crippen molar-refractivity contribution in [3.63, 3.8) is 0 Å². The molecule has 0 unspecified atom stereocenters. The molecule has 1 aromatic carbocycles. The second-order valence-corrected chi connectivity index (χ2v) is 6.18. The minimum absolute atomic E-state index is 0.116. The predicted octanol–water partition coefficient (Wildman–Crippen LogP) is 3.04. The van der Waals surface area contributed by atoms with Crippen molar-refractivity contribution >= 4 is 5.70 Å². The quantitative estimate of drug-likeness (QED) is 0.789. The van der Waals surface area contributed by atoms with Gasteiger partial charge in [0, 0.05) is 18.6 Å². The lowest BCUT2D eigenvalue weighted by Gasteiger charge is -2.29. The number of benzene rings is 1. The first-order valence-corrected chi connectivity index (χ1v) is 8.35. The van der Waals surface area contributed by atoms with E-state index in [9.17, 15) is 0 Å². The van der Waals surface area contributed by atoms with Gasteiger partial charge in [0.1, 0.15) is 5.60 Å². The highest BCUT2D eigenvalue weighted by Crippen LogP contribution is 2.39. The van der Waals surface area contributed by atoms with Gasteiger partial charge in [-0.05, 0) is 37.1 Å². The highest BCUT2D eigenvalue weighted by atomic mass is 16.7. The molecule has 3 rings (SSSR count). The minimum atomic E-state index is -0.147. The Balaban J connectivity index is 1.79. The van der Waals surface area contributed by atoms with Gasteiger partial charge < -0.3 is 14.6 Å². The van der Waals surface area contributed by atoms with Gasteiger partial charge in [-0.25, -0.2) is 0 Å². The first-order chi connectivity index (χ1) is 11.3. The highest BCUT2D eigenvalue weighted by Gasteiger charge is 2.36. The number of aliphatic hydroxyl groups is 1. The molecule has 0 bridgehead atoms. The van der Waals surface area contributed by atoms with Crippen molar-refractivity contribution in [1.29, 1.82) is 0 Å². The summed E-state index contributed by atoms with van der Waals surface area (Å²) in [6.07, 6.45) is 8.66.